The van der Waals surface area contributed by atoms with Gasteiger partial charge in [-0.15, -0.1) is 0 Å². The topological polar surface area (TPSA) is 101 Å². The Kier molecular flexibility index (Phi) is 55.2. The van der Waals surface area contributed by atoms with Gasteiger partial charge in [-0.2, -0.15) is 0 Å². The number of carbonyl (C=O) groups is 2. The fourth-order valence-corrected chi connectivity index (χ4v) is 0.0747. The van der Waals surface area contributed by atoms with Crippen LogP contribution in [-0.2, 0) is 75.7 Å². The van der Waals surface area contributed by atoms with Gasteiger partial charge >= 0.3 is 32.1 Å². The number of hydrogen-bond donors (Lipinski definition) is 2. The van der Waals surface area contributed by atoms with Crippen molar-refractivity contribution in [3.05, 3.63) is 0 Å². The average Bonchev–Trinajstić information content (AvgIpc) is 1.68. The van der Waals surface area contributed by atoms with Gasteiger partial charge in [0.05, 0.1) is 0 Å². The van der Waals surface area contributed by atoms with E-state index in [0.29, 0.717) is 0 Å². The monoisotopic (exact) mass is 374 g/mol. The summed E-state index contributed by atoms with van der Waals surface area (Å²) in [6.45, 7) is 0. The Balaban J connectivity index is -0.0000000303. The van der Waals surface area contributed by atoms with Crippen LogP contribution in [0.2, 0.25) is 0 Å². The van der Waals surface area contributed by atoms with E-state index in [2.05, 4.69) is 20.7 Å². The van der Waals surface area contributed by atoms with E-state index in [-0.39, 0.29) is 51.2 Å². The molecule has 0 heterocycles. The van der Waals surface area contributed by atoms with Crippen LogP contribution in [0.4, 0.5) is 9.59 Å². The molecule has 0 aromatic carbocycles. The Morgan fingerprint density at radius 1 is 0.917 bits per heavy atom. The summed E-state index contributed by atoms with van der Waals surface area (Å²) in [4.78, 5) is 18.4. The van der Waals surface area contributed by atoms with Crippen molar-refractivity contribution in [2.45, 2.75) is 0 Å². The summed E-state index contributed by atoms with van der Waals surface area (Å²) in [6, 6.07) is 0. The minimum absolute atomic E-state index is 0. The summed E-state index contributed by atoms with van der Waals surface area (Å²) < 4.78 is 10.9. The van der Waals surface area contributed by atoms with Gasteiger partial charge in [0.25, 0.3) is 0 Å². The summed E-state index contributed by atoms with van der Waals surface area (Å²) >= 11 is 2.94. The number of carboxylic acid groups (broad SMARTS) is 2. The van der Waals surface area contributed by atoms with Gasteiger partial charge in [-0.25, -0.2) is 9.59 Å². The van der Waals surface area contributed by atoms with Crippen molar-refractivity contribution in [3.63, 3.8) is 0 Å². The van der Waals surface area contributed by atoms with Gasteiger partial charge in [0.15, 0.2) is 0 Å². The zero-order chi connectivity index (χ0) is 7.86. The van der Waals surface area contributed by atoms with Crippen LogP contribution in [0.25, 0.3) is 0 Å². The van der Waals surface area contributed by atoms with Crippen molar-refractivity contribution in [2.24, 2.45) is 0 Å². The van der Waals surface area contributed by atoms with Gasteiger partial charge in [-0.05, 0) is 0 Å². The predicted molar refractivity (Wildman–Crippen MR) is 17.8 cm³/mol. The molecule has 0 rings (SSSR count). The van der Waals surface area contributed by atoms with Gasteiger partial charge in [0.2, 0.25) is 0 Å². The second-order valence-electron chi connectivity index (χ2n) is 0.634. The molecule has 0 aliphatic carbocycles. The van der Waals surface area contributed by atoms with E-state index >= 15 is 0 Å². The van der Waals surface area contributed by atoms with Crippen LogP contribution in [0.5, 0.6) is 0 Å². The van der Waals surface area contributed by atoms with Gasteiger partial charge in [-0.3, -0.25) is 0 Å². The second-order valence-corrected chi connectivity index (χ2v) is 0.634. The maximum atomic E-state index is 9.21. The van der Waals surface area contributed by atoms with Gasteiger partial charge in [0.1, 0.15) is 0 Å². The second kappa shape index (κ2) is 22.6. The molecular formula is C2H2Cu4O6. The van der Waals surface area contributed by atoms with Crippen LogP contribution < -0.4 is 0 Å². The molecule has 0 aromatic heterocycles. The summed E-state index contributed by atoms with van der Waals surface area (Å²) in [5.41, 5.74) is 0. The third-order valence-electron chi connectivity index (χ3n) is 0.175. The standard InChI is InChI=1S/C2H2O5.4Cu.O/c3-1(4)7-2(5)6;;;;;/h(H,3,4)(H,5,6);;;;;. The molecule has 6 nitrogen and oxygen atoms in total. The minimum atomic E-state index is -1.81. The first-order valence-corrected chi connectivity index (χ1v) is 1.77. The molecule has 0 aliphatic rings. The van der Waals surface area contributed by atoms with Gasteiger partial charge < -0.3 is 14.9 Å². The Morgan fingerprint density at radius 2 is 1.08 bits per heavy atom. The van der Waals surface area contributed by atoms with E-state index < -0.39 is 12.3 Å². The van der Waals surface area contributed by atoms with Gasteiger partial charge in [-0.1, -0.05) is 0 Å². The number of rotatable bonds is 0. The first kappa shape index (κ1) is 29.3. The van der Waals surface area contributed by atoms with Crippen LogP contribution in [0.15, 0.2) is 0 Å². The summed E-state index contributed by atoms with van der Waals surface area (Å²) in [6.07, 6.45) is -3.62. The summed E-state index contributed by atoms with van der Waals surface area (Å²) in [7, 11) is 0. The summed E-state index contributed by atoms with van der Waals surface area (Å²) in [5.74, 6) is 0. The van der Waals surface area contributed by atoms with Crippen LogP contribution in [-0.4, -0.2) is 22.5 Å². The zero-order valence-corrected chi connectivity index (χ0v) is 8.50. The van der Waals surface area contributed by atoms with Crippen molar-refractivity contribution >= 4 is 12.3 Å². The van der Waals surface area contributed by atoms with E-state index in [1.807, 2.05) is 0 Å². The maximum absolute atomic E-state index is 9.21. The first-order chi connectivity index (χ1) is 4.13. The quantitative estimate of drug-likeness (QED) is 0.357. The Morgan fingerprint density at radius 3 is 1.08 bits per heavy atom. The molecule has 90 valence electrons. The molecule has 0 amide bonds. The van der Waals surface area contributed by atoms with Crippen LogP contribution in [0, 0.1) is 0 Å². The van der Waals surface area contributed by atoms with Crippen molar-refractivity contribution < 1.29 is 95.5 Å². The average molecular weight is 376 g/mol. The van der Waals surface area contributed by atoms with E-state index in [1.54, 1.807) is 0 Å². The van der Waals surface area contributed by atoms with E-state index in [1.165, 1.54) is 0 Å². The van der Waals surface area contributed by atoms with Crippen LogP contribution in [0.3, 0.4) is 0 Å². The number of ether oxygens (including phenoxy) is 1. The third kappa shape index (κ3) is 46.1. The first-order valence-electron chi connectivity index (χ1n) is 1.39. The third-order valence-corrected chi connectivity index (χ3v) is 0.175. The zero-order valence-electron chi connectivity index (χ0n) is 4.73. The molecule has 0 saturated heterocycles. The van der Waals surface area contributed by atoms with E-state index in [9.17, 15) is 9.59 Å². The summed E-state index contributed by atoms with van der Waals surface area (Å²) in [5, 5.41) is 15.0. The molecule has 0 aromatic rings. The molecule has 3 radical (unpaired) electrons. The normalized spacial score (nSPS) is 4.83. The molecule has 10 heteroatoms. The fourth-order valence-electron chi connectivity index (χ4n) is 0.0747. The fraction of sp³-hybridized carbons (Fsp3) is 0. The molecule has 0 unspecified atom stereocenters. The predicted octanol–water partition coefficient (Wildman–Crippen LogP) is 0.230. The molecule has 0 aliphatic heterocycles. The molecule has 12 heavy (non-hydrogen) atoms. The van der Waals surface area contributed by atoms with Crippen molar-refractivity contribution in [2.75, 3.05) is 0 Å². The van der Waals surface area contributed by atoms with E-state index in [0.717, 1.165) is 0 Å². The molecule has 0 bridgehead atoms. The van der Waals surface area contributed by atoms with E-state index in [4.69, 9.17) is 14.0 Å². The van der Waals surface area contributed by atoms with Crippen molar-refractivity contribution in [1.29, 1.82) is 0 Å². The number of hydrogen-bond acceptors (Lipinski definition) is 4. The molecule has 0 spiro atoms. The van der Waals surface area contributed by atoms with Crippen molar-refractivity contribution in [1.82, 2.24) is 0 Å². The van der Waals surface area contributed by atoms with Crippen molar-refractivity contribution in [3.8, 4) is 0 Å². The Hall–Kier alpha value is 0.618. The molecule has 0 saturated carbocycles. The SMILES string of the molecule is O=C(O)OC(=O)O.[Cu].[Cu].[Cu].[O]=[Cu]. The Labute approximate surface area is 107 Å². The molecular weight excluding hydrogens is 374 g/mol. The molecule has 0 atom stereocenters. The molecule has 2 N–H and O–H groups in total. The van der Waals surface area contributed by atoms with Gasteiger partial charge in [0, 0.05) is 51.2 Å². The molecule has 0 fully saturated rings. The van der Waals surface area contributed by atoms with Crippen LogP contribution >= 0.6 is 0 Å². The Bertz CT molecular complexity index is 104. The van der Waals surface area contributed by atoms with Crippen LogP contribution in [0.1, 0.15) is 0 Å².